The van der Waals surface area contributed by atoms with Crippen LogP contribution in [0.5, 0.6) is 0 Å². The lowest BCUT2D eigenvalue weighted by Gasteiger charge is -2.39. The van der Waals surface area contributed by atoms with Crippen molar-refractivity contribution in [2.24, 2.45) is 0 Å². The van der Waals surface area contributed by atoms with Crippen LogP contribution in [0.3, 0.4) is 0 Å². The van der Waals surface area contributed by atoms with Gasteiger partial charge in [-0.25, -0.2) is 0 Å². The van der Waals surface area contributed by atoms with Crippen LogP contribution in [-0.4, -0.2) is 89.0 Å². The topological polar surface area (TPSA) is 152 Å². The standard InChI is InChI=1S/C47H78O10/c1-3-5-7-9-11-13-15-17-18-19-20-21-22-24-25-27-29-31-33-35-42(49)54-38-40(39-55-47-46(53)45(52)44(51)41(37-48)57-47)56-43(50)36-34-32-30-28-26-23-16-14-12-10-8-6-4-2/h5,7,11,13,17-18,20-21,24-25,29,31,40-41,44-48,51-53H,3-4,6,8-10,12,14-16,19,22-23,26-28,30,32-39H2,1-2H3/b7-5+,13-11+,18-17+,21-20+,25-24+,31-29+/t40-,41-,44+,45?,46?,47-/m0/s1. The van der Waals surface area contributed by atoms with Crippen LogP contribution in [0, 0.1) is 0 Å². The van der Waals surface area contributed by atoms with Crippen molar-refractivity contribution >= 4 is 11.9 Å². The highest BCUT2D eigenvalue weighted by Crippen LogP contribution is 2.22. The van der Waals surface area contributed by atoms with Crippen LogP contribution in [0.4, 0.5) is 0 Å². The van der Waals surface area contributed by atoms with E-state index in [1.54, 1.807) is 0 Å². The average molecular weight is 803 g/mol. The Morgan fingerprint density at radius 2 is 1.04 bits per heavy atom. The minimum atomic E-state index is -1.61. The Morgan fingerprint density at radius 1 is 0.561 bits per heavy atom. The van der Waals surface area contributed by atoms with E-state index >= 15 is 0 Å². The molecule has 2 unspecified atom stereocenters. The first-order valence-corrected chi connectivity index (χ1v) is 22.0. The second-order valence-corrected chi connectivity index (χ2v) is 14.8. The summed E-state index contributed by atoms with van der Waals surface area (Å²) < 4.78 is 22.0. The van der Waals surface area contributed by atoms with Crippen molar-refractivity contribution in [1.29, 1.82) is 0 Å². The Hall–Kier alpha value is -2.86. The minimum absolute atomic E-state index is 0.148. The zero-order valence-corrected chi connectivity index (χ0v) is 35.3. The van der Waals surface area contributed by atoms with Crippen LogP contribution in [0.1, 0.15) is 155 Å². The summed E-state index contributed by atoms with van der Waals surface area (Å²) in [5, 5.41) is 40.0. The van der Waals surface area contributed by atoms with Crippen molar-refractivity contribution in [3.8, 4) is 0 Å². The smallest absolute Gasteiger partial charge is 0.306 e. The second-order valence-electron chi connectivity index (χ2n) is 14.8. The van der Waals surface area contributed by atoms with Gasteiger partial charge in [-0.1, -0.05) is 164 Å². The number of esters is 2. The van der Waals surface area contributed by atoms with E-state index < -0.39 is 55.4 Å². The average Bonchev–Trinajstić information content (AvgIpc) is 3.21. The fourth-order valence-electron chi connectivity index (χ4n) is 6.15. The van der Waals surface area contributed by atoms with Crippen molar-refractivity contribution in [3.63, 3.8) is 0 Å². The molecule has 0 saturated carbocycles. The van der Waals surface area contributed by atoms with Gasteiger partial charge in [-0.3, -0.25) is 9.59 Å². The molecule has 1 heterocycles. The quantitative estimate of drug-likeness (QED) is 0.0277. The molecule has 10 nitrogen and oxygen atoms in total. The molecule has 326 valence electrons. The molecule has 10 heteroatoms. The van der Waals surface area contributed by atoms with Gasteiger partial charge in [0.25, 0.3) is 0 Å². The fourth-order valence-corrected chi connectivity index (χ4v) is 6.15. The van der Waals surface area contributed by atoms with Gasteiger partial charge in [0, 0.05) is 12.8 Å². The summed E-state index contributed by atoms with van der Waals surface area (Å²) in [7, 11) is 0. The Balaban J connectivity index is 2.40. The van der Waals surface area contributed by atoms with Crippen molar-refractivity contribution in [2.45, 2.75) is 192 Å². The first-order chi connectivity index (χ1) is 27.8. The van der Waals surface area contributed by atoms with Gasteiger partial charge in [0.05, 0.1) is 13.2 Å². The van der Waals surface area contributed by atoms with E-state index in [0.29, 0.717) is 12.8 Å². The van der Waals surface area contributed by atoms with Crippen molar-refractivity contribution in [3.05, 3.63) is 72.9 Å². The number of hydrogen-bond donors (Lipinski definition) is 4. The second kappa shape index (κ2) is 37.4. The third-order valence-corrected chi connectivity index (χ3v) is 9.62. The van der Waals surface area contributed by atoms with Crippen LogP contribution in [-0.2, 0) is 28.5 Å². The summed E-state index contributed by atoms with van der Waals surface area (Å²) in [6.07, 6.45) is 39.2. The van der Waals surface area contributed by atoms with Crippen molar-refractivity contribution in [2.75, 3.05) is 19.8 Å². The summed E-state index contributed by atoms with van der Waals surface area (Å²) in [6.45, 7) is 3.22. The molecule has 0 aliphatic carbocycles. The maximum absolute atomic E-state index is 12.7. The lowest BCUT2D eigenvalue weighted by molar-refractivity contribution is -0.305. The Labute approximate surface area is 344 Å². The lowest BCUT2D eigenvalue weighted by Crippen LogP contribution is -2.59. The molecule has 1 aliphatic heterocycles. The highest BCUT2D eigenvalue weighted by molar-refractivity contribution is 5.70. The molecular formula is C47H78O10. The van der Waals surface area contributed by atoms with Crippen LogP contribution < -0.4 is 0 Å². The van der Waals surface area contributed by atoms with Gasteiger partial charge < -0.3 is 39.4 Å². The molecule has 4 N–H and O–H groups in total. The van der Waals surface area contributed by atoms with Crippen LogP contribution >= 0.6 is 0 Å². The molecular weight excluding hydrogens is 725 g/mol. The van der Waals surface area contributed by atoms with Gasteiger partial charge in [0.2, 0.25) is 0 Å². The number of aliphatic hydroxyl groups excluding tert-OH is 4. The molecule has 0 radical (unpaired) electrons. The van der Waals surface area contributed by atoms with Crippen molar-refractivity contribution in [1.82, 2.24) is 0 Å². The summed E-state index contributed by atoms with van der Waals surface area (Å²) >= 11 is 0. The third kappa shape index (κ3) is 29.1. The molecule has 1 saturated heterocycles. The Kier molecular flexibility index (Phi) is 34.2. The predicted molar refractivity (Wildman–Crippen MR) is 228 cm³/mol. The van der Waals surface area contributed by atoms with E-state index in [9.17, 15) is 30.0 Å². The largest absolute Gasteiger partial charge is 0.462 e. The van der Waals surface area contributed by atoms with E-state index in [4.69, 9.17) is 18.9 Å². The number of unbranched alkanes of at least 4 members (excludes halogenated alkanes) is 12. The number of aliphatic hydroxyl groups is 4. The number of allylic oxidation sites excluding steroid dienone is 12. The molecule has 0 aromatic rings. The molecule has 0 amide bonds. The van der Waals surface area contributed by atoms with Crippen molar-refractivity contribution < 1.29 is 49.0 Å². The maximum atomic E-state index is 12.7. The highest BCUT2D eigenvalue weighted by Gasteiger charge is 2.44. The molecule has 1 rings (SSSR count). The third-order valence-electron chi connectivity index (χ3n) is 9.62. The zero-order valence-electron chi connectivity index (χ0n) is 35.3. The molecule has 0 bridgehead atoms. The minimum Gasteiger partial charge on any atom is -0.462 e. The van der Waals surface area contributed by atoms with Gasteiger partial charge in [-0.05, 0) is 51.4 Å². The fraction of sp³-hybridized carbons (Fsp3) is 0.702. The first-order valence-electron chi connectivity index (χ1n) is 22.0. The summed E-state index contributed by atoms with van der Waals surface area (Å²) in [4.78, 5) is 25.3. The number of rotatable bonds is 35. The van der Waals surface area contributed by atoms with Gasteiger partial charge in [0.1, 0.15) is 31.0 Å². The molecule has 57 heavy (non-hydrogen) atoms. The summed E-state index contributed by atoms with van der Waals surface area (Å²) in [5.74, 6) is -0.908. The normalized spacial score (nSPS) is 21.0. The summed E-state index contributed by atoms with van der Waals surface area (Å²) in [5.41, 5.74) is 0. The SMILES string of the molecule is CC/C=C/C/C=C/C/C=C/C/C=C/C/C=C/C/C=C/CCC(=O)OC[C@@H](CO[C@H]1O[C@@H](CO)[C@@H](O)C(O)C1O)OC(=O)CCCCCCCCCCCCCCC. The molecule has 6 atom stereocenters. The lowest BCUT2D eigenvalue weighted by atomic mass is 9.99. The number of ether oxygens (including phenoxy) is 4. The van der Waals surface area contributed by atoms with Crippen LogP contribution in [0.2, 0.25) is 0 Å². The highest BCUT2D eigenvalue weighted by atomic mass is 16.7. The van der Waals surface area contributed by atoms with E-state index in [1.807, 2.05) is 12.2 Å². The van der Waals surface area contributed by atoms with Crippen LogP contribution in [0.25, 0.3) is 0 Å². The van der Waals surface area contributed by atoms with E-state index in [2.05, 4.69) is 74.6 Å². The van der Waals surface area contributed by atoms with Gasteiger partial charge in [-0.15, -0.1) is 0 Å². The monoisotopic (exact) mass is 803 g/mol. The Morgan fingerprint density at radius 3 is 1.53 bits per heavy atom. The Bertz CT molecular complexity index is 1160. The number of carbonyl (C=O) groups is 2. The van der Waals surface area contributed by atoms with E-state index in [-0.39, 0.29) is 26.1 Å². The first kappa shape index (κ1) is 52.2. The van der Waals surface area contributed by atoms with E-state index in [1.165, 1.54) is 57.8 Å². The summed E-state index contributed by atoms with van der Waals surface area (Å²) in [6, 6.07) is 0. The number of hydrogen-bond acceptors (Lipinski definition) is 10. The van der Waals surface area contributed by atoms with Gasteiger partial charge in [-0.2, -0.15) is 0 Å². The van der Waals surface area contributed by atoms with E-state index in [0.717, 1.165) is 57.8 Å². The number of carbonyl (C=O) groups excluding carboxylic acids is 2. The van der Waals surface area contributed by atoms with Gasteiger partial charge >= 0.3 is 11.9 Å². The van der Waals surface area contributed by atoms with Crippen LogP contribution in [0.15, 0.2) is 72.9 Å². The molecule has 0 spiro atoms. The molecule has 0 aromatic heterocycles. The van der Waals surface area contributed by atoms with Gasteiger partial charge in [0.15, 0.2) is 12.4 Å². The predicted octanol–water partition coefficient (Wildman–Crippen LogP) is 9.22. The molecule has 0 aromatic carbocycles. The molecule has 1 fully saturated rings. The zero-order chi connectivity index (χ0) is 41.6. The maximum Gasteiger partial charge on any atom is 0.306 e. The molecule has 1 aliphatic rings.